The van der Waals surface area contributed by atoms with Gasteiger partial charge in [0.25, 0.3) is 0 Å². The second-order valence-electron chi connectivity index (χ2n) is 15.1. The van der Waals surface area contributed by atoms with Gasteiger partial charge in [0, 0.05) is 36.8 Å². The predicted molar refractivity (Wildman–Crippen MR) is 210 cm³/mol. The van der Waals surface area contributed by atoms with Gasteiger partial charge in [-0.15, -0.1) is 0 Å². The lowest BCUT2D eigenvalue weighted by Crippen LogP contribution is -2.64. The summed E-state index contributed by atoms with van der Waals surface area (Å²) in [6.45, 7) is 1.18. The molecule has 11 atom stereocenters. The Morgan fingerprint density at radius 3 is 1.98 bits per heavy atom. The van der Waals surface area contributed by atoms with Crippen molar-refractivity contribution in [3.63, 3.8) is 0 Å². The van der Waals surface area contributed by atoms with Gasteiger partial charge < -0.3 is 60.5 Å². The molecule has 0 bridgehead atoms. The van der Waals surface area contributed by atoms with Crippen molar-refractivity contribution in [1.82, 2.24) is 16.0 Å². The Hall–Kier alpha value is -1.91. The Kier molecular flexibility index (Phi) is 22.6. The molecule has 10 N–H and O–H groups in total. The number of phosphoric ester groups is 2. The number of phosphoric acid groups is 2. The van der Waals surface area contributed by atoms with E-state index in [0.29, 0.717) is 37.5 Å². The number of hydrogen-bond donors (Lipinski definition) is 10. The maximum absolute atomic E-state index is 12.8. The van der Waals surface area contributed by atoms with Crippen LogP contribution in [0.3, 0.4) is 0 Å². The van der Waals surface area contributed by atoms with Gasteiger partial charge >= 0.3 is 33.6 Å². The van der Waals surface area contributed by atoms with Crippen LogP contribution in [0.2, 0.25) is 0 Å². The second kappa shape index (κ2) is 25.9. The maximum atomic E-state index is 12.8. The van der Waals surface area contributed by atoms with Crippen LogP contribution in [0.15, 0.2) is 0 Å². The number of carbonyl (C=O) groups is 4. The fourth-order valence-corrected chi connectivity index (χ4v) is 10.0. The number of rotatable bonds is 29. The van der Waals surface area contributed by atoms with Crippen molar-refractivity contribution in [3.8, 4) is 0 Å². The van der Waals surface area contributed by atoms with Crippen molar-refractivity contribution < 1.29 is 86.5 Å². The van der Waals surface area contributed by atoms with Crippen LogP contribution in [-0.4, -0.2) is 145 Å². The molecule has 3 fully saturated rings. The van der Waals surface area contributed by atoms with Gasteiger partial charge in [0.05, 0.1) is 18.7 Å². The predicted octanol–water partition coefficient (Wildman–Crippen LogP) is 1.42. The zero-order valence-corrected chi connectivity index (χ0v) is 35.9. The van der Waals surface area contributed by atoms with Gasteiger partial charge in [-0.2, -0.15) is 11.8 Å². The van der Waals surface area contributed by atoms with E-state index in [1.807, 2.05) is 18.7 Å². The lowest BCUT2D eigenvalue weighted by Gasteiger charge is -2.43. The minimum absolute atomic E-state index is 0.00420. The van der Waals surface area contributed by atoms with E-state index in [-0.39, 0.29) is 36.9 Å². The molecule has 2 aliphatic heterocycles. The smallest absolute Gasteiger partial charge is 0.462 e. The molecule has 4 unspecified atom stereocenters. The molecular weight excluding hydrogens is 844 g/mol. The van der Waals surface area contributed by atoms with E-state index in [2.05, 4.69) is 20.5 Å². The summed E-state index contributed by atoms with van der Waals surface area (Å²) in [6.07, 6.45) is -4.01. The molecule has 3 amide bonds. The summed E-state index contributed by atoms with van der Waals surface area (Å²) < 4.78 is 48.6. The molecule has 3 rings (SSSR count). The number of unbranched alkanes of at least 4 members (excludes halogenated alkanes) is 9. The summed E-state index contributed by atoms with van der Waals surface area (Å²) in [5, 5.41) is 50.4. The Morgan fingerprint density at radius 2 is 1.34 bits per heavy atom. The first-order valence-electron chi connectivity index (χ1n) is 20.3. The van der Waals surface area contributed by atoms with Crippen molar-refractivity contribution in [3.05, 3.63) is 0 Å². The topological polar surface area (TPSA) is 326 Å². The van der Waals surface area contributed by atoms with E-state index >= 15 is 0 Å². The third-order valence-electron chi connectivity index (χ3n) is 10.2. The summed E-state index contributed by atoms with van der Waals surface area (Å²) >= 11 is 1.85. The fraction of sp³-hybridized carbons (Fsp3) is 0.886. The number of aliphatic hydroxyl groups is 4. The zero-order chi connectivity index (χ0) is 43.6. The van der Waals surface area contributed by atoms with Crippen LogP contribution in [0.5, 0.6) is 0 Å². The SMILES string of the molecule is CCCCCCCC(=O)OC(COC(=O)CCCCCCCNC(=O)CCCC[C@H]1SC[C@@H]2NC(=O)N[C@@H]21)COP(=O)(O)OC1[C@H](O)[C@H](O)C(OP(=O)(O)O)[C@H](O)[C@H]1O. The highest BCUT2D eigenvalue weighted by Gasteiger charge is 2.54. The number of esters is 2. The number of thioether (sulfide) groups is 1. The fourth-order valence-electron chi connectivity index (χ4n) is 6.96. The zero-order valence-electron chi connectivity index (χ0n) is 33.3. The molecule has 59 heavy (non-hydrogen) atoms. The first-order valence-corrected chi connectivity index (χ1v) is 24.4. The molecule has 0 spiro atoms. The molecule has 21 nitrogen and oxygen atoms in total. The first-order chi connectivity index (χ1) is 27.9. The molecule has 1 saturated carbocycles. The maximum Gasteiger partial charge on any atom is 0.472 e. The molecule has 0 radical (unpaired) electrons. The standard InChI is InChI=1S/C35H63N3O18P2S/c1-2-3-4-6-10-17-27(41)54-22(20-53-58(50,51)56-34-31(44)29(42)33(30(43)32(34)45)55-57(47,48)49)19-52-26(40)16-9-7-5-8-13-18-36-25(39)15-12-11-14-24-28-23(21-59-24)37-35(46)38-28/h22-24,28-34,42-45H,2-21H2,1H3,(H,36,39)(H,50,51)(H2,37,38,46)(H2,47,48,49)/t22?,23-,24+,28-,29-,30+,31+,32+,33?,34?/m0/s1. The van der Waals surface area contributed by atoms with Gasteiger partial charge in [0.2, 0.25) is 5.91 Å². The third kappa shape index (κ3) is 18.9. The van der Waals surface area contributed by atoms with E-state index in [1.54, 1.807) is 0 Å². The molecular formula is C35H63N3O18P2S. The highest BCUT2D eigenvalue weighted by molar-refractivity contribution is 8.00. The van der Waals surface area contributed by atoms with Gasteiger partial charge in [-0.1, -0.05) is 58.3 Å². The van der Waals surface area contributed by atoms with Crippen molar-refractivity contribution in [1.29, 1.82) is 0 Å². The quantitative estimate of drug-likeness (QED) is 0.0220. The van der Waals surface area contributed by atoms with Gasteiger partial charge in [-0.25, -0.2) is 13.9 Å². The summed E-state index contributed by atoms with van der Waals surface area (Å²) in [5.41, 5.74) is 0. The number of hydrogen-bond acceptors (Lipinski definition) is 16. The van der Waals surface area contributed by atoms with Crippen molar-refractivity contribution >= 4 is 51.3 Å². The van der Waals surface area contributed by atoms with Gasteiger partial charge in [-0.05, 0) is 32.1 Å². The van der Waals surface area contributed by atoms with Gasteiger partial charge in [0.1, 0.15) is 43.2 Å². The van der Waals surface area contributed by atoms with Crippen molar-refractivity contribution in [2.24, 2.45) is 0 Å². The van der Waals surface area contributed by atoms with Crippen LogP contribution in [0.4, 0.5) is 4.79 Å². The van der Waals surface area contributed by atoms with E-state index in [9.17, 15) is 53.6 Å². The number of amides is 3. The molecule has 1 aliphatic carbocycles. The average Bonchev–Trinajstić information content (AvgIpc) is 3.73. The Bertz CT molecular complexity index is 1410. The minimum Gasteiger partial charge on any atom is -0.462 e. The molecule has 0 aromatic carbocycles. The number of ether oxygens (including phenoxy) is 2. The molecule has 3 aliphatic rings. The number of nitrogens with one attached hydrogen (secondary N) is 3. The highest BCUT2D eigenvalue weighted by Crippen LogP contribution is 2.48. The molecule has 342 valence electrons. The van der Waals surface area contributed by atoms with E-state index in [0.717, 1.165) is 70.0 Å². The van der Waals surface area contributed by atoms with E-state index in [1.165, 1.54) is 0 Å². The van der Waals surface area contributed by atoms with Gasteiger partial charge in [0.15, 0.2) is 6.10 Å². The minimum atomic E-state index is -5.32. The third-order valence-corrected chi connectivity index (χ3v) is 13.2. The normalized spacial score (nSPS) is 28.2. The number of urea groups is 1. The average molecular weight is 908 g/mol. The van der Waals surface area contributed by atoms with Crippen molar-refractivity contribution in [2.75, 3.05) is 25.5 Å². The molecule has 24 heteroatoms. The van der Waals surface area contributed by atoms with E-state index in [4.69, 9.17) is 28.3 Å². The van der Waals surface area contributed by atoms with Crippen LogP contribution in [0, 0.1) is 0 Å². The Morgan fingerprint density at radius 1 is 0.763 bits per heavy atom. The number of carbonyl (C=O) groups excluding carboxylic acids is 4. The van der Waals surface area contributed by atoms with Crippen LogP contribution < -0.4 is 16.0 Å². The summed E-state index contributed by atoms with van der Waals surface area (Å²) in [4.78, 5) is 77.2. The van der Waals surface area contributed by atoms with Crippen LogP contribution in [0.25, 0.3) is 0 Å². The molecule has 2 saturated heterocycles. The van der Waals surface area contributed by atoms with Crippen LogP contribution in [-0.2, 0) is 46.6 Å². The summed E-state index contributed by atoms with van der Waals surface area (Å²) in [5.74, 6) is -0.401. The summed E-state index contributed by atoms with van der Waals surface area (Å²) in [6, 6.07) is 0.244. The van der Waals surface area contributed by atoms with Crippen molar-refractivity contribution in [2.45, 2.75) is 170 Å². The molecule has 0 aromatic heterocycles. The lowest BCUT2D eigenvalue weighted by molar-refractivity contribution is -0.216. The molecule has 2 heterocycles. The Labute approximate surface area is 348 Å². The number of fused-ring (bicyclic) bond motifs is 1. The summed E-state index contributed by atoms with van der Waals surface area (Å²) in [7, 11) is -10.6. The monoisotopic (exact) mass is 907 g/mol. The second-order valence-corrected chi connectivity index (χ2v) is 18.9. The van der Waals surface area contributed by atoms with E-state index < -0.39 is 83.5 Å². The van der Waals surface area contributed by atoms with Gasteiger partial charge in [-0.3, -0.25) is 28.0 Å². The highest BCUT2D eigenvalue weighted by atomic mass is 32.2. The largest absolute Gasteiger partial charge is 0.472 e. The Balaban J connectivity index is 1.34. The van der Waals surface area contributed by atoms with Crippen LogP contribution >= 0.6 is 27.4 Å². The first kappa shape index (κ1) is 51.4. The molecule has 0 aromatic rings. The lowest BCUT2D eigenvalue weighted by atomic mass is 9.85. The number of aliphatic hydroxyl groups excluding tert-OH is 4. The van der Waals surface area contributed by atoms with Crippen LogP contribution in [0.1, 0.15) is 110 Å².